The molecular weight excluding hydrogens is 453 g/mol. The number of nitrogens with zero attached hydrogens (tertiary/aromatic N) is 1. The summed E-state index contributed by atoms with van der Waals surface area (Å²) in [4.78, 5) is 11.8. The summed E-state index contributed by atoms with van der Waals surface area (Å²) in [6, 6.07) is 18.8. The number of benzene rings is 3. The molecule has 0 fully saturated rings. The molecule has 0 aliphatic heterocycles. The first-order valence-corrected chi connectivity index (χ1v) is 11.8. The number of halogens is 2. The van der Waals surface area contributed by atoms with E-state index >= 15 is 0 Å². The maximum absolute atomic E-state index is 13.3. The van der Waals surface area contributed by atoms with E-state index in [-0.39, 0.29) is 23.8 Å². The molecule has 0 aliphatic rings. The third-order valence-electron chi connectivity index (χ3n) is 4.97. The van der Waals surface area contributed by atoms with Gasteiger partial charge >= 0.3 is 5.97 Å². The molecule has 0 radical (unpaired) electrons. The molecule has 0 N–H and O–H groups in total. The van der Waals surface area contributed by atoms with Crippen molar-refractivity contribution >= 4 is 27.6 Å². The first-order chi connectivity index (χ1) is 15.3. The van der Waals surface area contributed by atoms with Crippen molar-refractivity contribution in [3.05, 3.63) is 100 Å². The molecule has 168 valence electrons. The monoisotopic (exact) mass is 475 g/mol. The first kappa shape index (κ1) is 23.9. The van der Waals surface area contributed by atoms with E-state index in [9.17, 15) is 17.6 Å². The lowest BCUT2D eigenvalue weighted by atomic mass is 10.1. The molecule has 0 saturated carbocycles. The molecule has 0 heterocycles. The second kappa shape index (κ2) is 10.7. The molecule has 3 rings (SSSR count). The normalized spacial score (nSPS) is 11.5. The van der Waals surface area contributed by atoms with Crippen LogP contribution in [-0.4, -0.2) is 32.3 Å². The third kappa shape index (κ3) is 6.16. The minimum absolute atomic E-state index is 0.135. The maximum Gasteiger partial charge on any atom is 0.337 e. The Morgan fingerprint density at radius 1 is 0.938 bits per heavy atom. The van der Waals surface area contributed by atoms with Crippen LogP contribution in [0.15, 0.2) is 77.7 Å². The summed E-state index contributed by atoms with van der Waals surface area (Å²) in [5.74, 6) is -0.766. The van der Waals surface area contributed by atoms with Crippen LogP contribution in [0.2, 0.25) is 5.02 Å². The van der Waals surface area contributed by atoms with E-state index in [2.05, 4.69) is 0 Å². The molecule has 8 heteroatoms. The second-order valence-electron chi connectivity index (χ2n) is 7.21. The van der Waals surface area contributed by atoms with Crippen molar-refractivity contribution in [1.82, 2.24) is 4.31 Å². The highest BCUT2D eigenvalue weighted by Gasteiger charge is 2.24. The number of carbonyl (C=O) groups excluding carboxylic acids is 1. The maximum atomic E-state index is 13.3. The minimum Gasteiger partial charge on any atom is -0.465 e. The Morgan fingerprint density at radius 3 is 2.12 bits per heavy atom. The standard InChI is InChI=1S/C24H23ClFNO4S/c1-31-24(28)20-8-4-19(5-9-20)17-27(16-2-3-18-6-12-22(26)13-7-18)32(29,30)23-14-10-21(25)11-15-23/h4-15H,2-3,16-17H2,1H3. The number of esters is 1. The Kier molecular flexibility index (Phi) is 8.01. The van der Waals surface area contributed by atoms with Crippen LogP contribution in [0.5, 0.6) is 0 Å². The van der Waals surface area contributed by atoms with Gasteiger partial charge in [-0.3, -0.25) is 0 Å². The van der Waals surface area contributed by atoms with Crippen LogP contribution >= 0.6 is 11.6 Å². The molecule has 0 aliphatic carbocycles. The van der Waals surface area contributed by atoms with E-state index in [1.165, 1.54) is 47.8 Å². The quantitative estimate of drug-likeness (QED) is 0.404. The summed E-state index contributed by atoms with van der Waals surface area (Å²) in [7, 11) is -2.48. The van der Waals surface area contributed by atoms with Gasteiger partial charge in [-0.25, -0.2) is 17.6 Å². The van der Waals surface area contributed by atoms with Crippen molar-refractivity contribution in [3.63, 3.8) is 0 Å². The average Bonchev–Trinajstić information content (AvgIpc) is 2.80. The third-order valence-corrected chi connectivity index (χ3v) is 7.08. The zero-order chi connectivity index (χ0) is 23.1. The molecule has 0 unspecified atom stereocenters. The van der Waals surface area contributed by atoms with Crippen molar-refractivity contribution in [2.75, 3.05) is 13.7 Å². The fraction of sp³-hybridized carbons (Fsp3) is 0.208. The predicted molar refractivity (Wildman–Crippen MR) is 122 cm³/mol. The lowest BCUT2D eigenvalue weighted by molar-refractivity contribution is 0.0600. The fourth-order valence-electron chi connectivity index (χ4n) is 3.22. The molecule has 3 aromatic rings. The van der Waals surface area contributed by atoms with Gasteiger partial charge in [-0.1, -0.05) is 35.9 Å². The van der Waals surface area contributed by atoms with E-state index in [0.29, 0.717) is 23.4 Å². The SMILES string of the molecule is COC(=O)c1ccc(CN(CCCc2ccc(F)cc2)S(=O)(=O)c2ccc(Cl)cc2)cc1. The van der Waals surface area contributed by atoms with E-state index in [4.69, 9.17) is 16.3 Å². The van der Waals surface area contributed by atoms with Gasteiger partial charge in [-0.05, 0) is 72.5 Å². The summed E-state index contributed by atoms with van der Waals surface area (Å²) in [6.45, 7) is 0.400. The second-order valence-corrected chi connectivity index (χ2v) is 9.59. The molecule has 3 aromatic carbocycles. The van der Waals surface area contributed by atoms with Crippen LogP contribution < -0.4 is 0 Å². The van der Waals surface area contributed by atoms with Crippen LogP contribution in [-0.2, 0) is 27.7 Å². The van der Waals surface area contributed by atoms with Gasteiger partial charge in [0.25, 0.3) is 0 Å². The van der Waals surface area contributed by atoms with E-state index < -0.39 is 16.0 Å². The molecular formula is C24H23ClFNO4S. The van der Waals surface area contributed by atoms with Crippen molar-refractivity contribution in [1.29, 1.82) is 0 Å². The highest BCUT2D eigenvalue weighted by atomic mass is 35.5. The Balaban J connectivity index is 1.80. The number of sulfonamides is 1. The summed E-state index contributed by atoms with van der Waals surface area (Å²) >= 11 is 5.91. The molecule has 32 heavy (non-hydrogen) atoms. The number of methoxy groups -OCH3 is 1. The van der Waals surface area contributed by atoms with Crippen LogP contribution in [0.25, 0.3) is 0 Å². The number of rotatable bonds is 9. The Hall–Kier alpha value is -2.74. The Bertz CT molecular complexity index is 1150. The van der Waals surface area contributed by atoms with Gasteiger partial charge in [0, 0.05) is 18.1 Å². The Labute approximate surface area is 192 Å². The molecule has 0 spiro atoms. The number of carbonyl (C=O) groups is 1. The molecule has 0 saturated heterocycles. The van der Waals surface area contributed by atoms with Gasteiger partial charge in [0.2, 0.25) is 10.0 Å². The summed E-state index contributed by atoms with van der Waals surface area (Å²) in [6.07, 6.45) is 1.16. The summed E-state index contributed by atoms with van der Waals surface area (Å²) in [5, 5.41) is 0.449. The smallest absolute Gasteiger partial charge is 0.337 e. The van der Waals surface area contributed by atoms with Crippen molar-refractivity contribution in [3.8, 4) is 0 Å². The first-order valence-electron chi connectivity index (χ1n) is 9.97. The minimum atomic E-state index is -3.79. The number of ether oxygens (including phenoxy) is 1. The largest absolute Gasteiger partial charge is 0.465 e. The fourth-order valence-corrected chi connectivity index (χ4v) is 4.81. The van der Waals surface area contributed by atoms with Crippen molar-refractivity contribution in [2.45, 2.75) is 24.3 Å². The van der Waals surface area contributed by atoms with E-state index in [0.717, 1.165) is 11.1 Å². The van der Waals surface area contributed by atoms with Crippen LogP contribution in [0.4, 0.5) is 4.39 Å². The zero-order valence-corrected chi connectivity index (χ0v) is 19.1. The average molecular weight is 476 g/mol. The van der Waals surface area contributed by atoms with Crippen LogP contribution in [0, 0.1) is 5.82 Å². The number of aryl methyl sites for hydroxylation is 1. The predicted octanol–water partition coefficient (Wildman–Crippen LogP) is 5.09. The zero-order valence-electron chi connectivity index (χ0n) is 17.5. The number of hydrogen-bond acceptors (Lipinski definition) is 4. The van der Waals surface area contributed by atoms with E-state index in [1.807, 2.05) is 0 Å². The summed E-state index contributed by atoms with van der Waals surface area (Å²) in [5.41, 5.74) is 2.05. The lowest BCUT2D eigenvalue weighted by Gasteiger charge is -2.22. The van der Waals surface area contributed by atoms with Gasteiger partial charge in [-0.15, -0.1) is 0 Å². The van der Waals surface area contributed by atoms with Gasteiger partial charge in [0.15, 0.2) is 0 Å². The molecule has 0 aromatic heterocycles. The van der Waals surface area contributed by atoms with Gasteiger partial charge in [0.1, 0.15) is 5.82 Å². The van der Waals surface area contributed by atoms with E-state index in [1.54, 1.807) is 36.4 Å². The topological polar surface area (TPSA) is 63.7 Å². The molecule has 0 bridgehead atoms. The highest BCUT2D eigenvalue weighted by molar-refractivity contribution is 7.89. The van der Waals surface area contributed by atoms with Gasteiger partial charge < -0.3 is 4.74 Å². The van der Waals surface area contributed by atoms with Crippen molar-refractivity contribution < 1.29 is 22.3 Å². The molecule has 0 atom stereocenters. The van der Waals surface area contributed by atoms with Crippen molar-refractivity contribution in [2.24, 2.45) is 0 Å². The summed E-state index contributed by atoms with van der Waals surface area (Å²) < 4.78 is 45.9. The van der Waals surface area contributed by atoms with Gasteiger partial charge in [0.05, 0.1) is 17.6 Å². The highest BCUT2D eigenvalue weighted by Crippen LogP contribution is 2.22. The Morgan fingerprint density at radius 2 is 1.53 bits per heavy atom. The lowest BCUT2D eigenvalue weighted by Crippen LogP contribution is -2.32. The van der Waals surface area contributed by atoms with Crippen LogP contribution in [0.1, 0.15) is 27.9 Å². The van der Waals surface area contributed by atoms with Gasteiger partial charge in [-0.2, -0.15) is 4.31 Å². The van der Waals surface area contributed by atoms with Crippen LogP contribution in [0.3, 0.4) is 0 Å². The molecule has 5 nitrogen and oxygen atoms in total. The number of hydrogen-bond donors (Lipinski definition) is 0. The molecule has 0 amide bonds.